The summed E-state index contributed by atoms with van der Waals surface area (Å²) in [7, 11) is 3.88. The van der Waals surface area contributed by atoms with Gasteiger partial charge in [-0.05, 0) is 24.6 Å². The summed E-state index contributed by atoms with van der Waals surface area (Å²) in [5.74, 6) is 1.01. The number of halogens is 1. The van der Waals surface area contributed by atoms with Crippen molar-refractivity contribution >= 4 is 28.5 Å². The smallest absolute Gasteiger partial charge is 0.220 e. The van der Waals surface area contributed by atoms with Gasteiger partial charge in [0.1, 0.15) is 5.82 Å². The van der Waals surface area contributed by atoms with E-state index in [0.29, 0.717) is 18.0 Å². The molecule has 0 spiro atoms. The molecule has 8 heteroatoms. The van der Waals surface area contributed by atoms with Crippen LogP contribution in [0.5, 0.6) is 0 Å². The lowest BCUT2D eigenvalue weighted by Crippen LogP contribution is -2.48. The van der Waals surface area contributed by atoms with E-state index in [9.17, 15) is 4.79 Å². The van der Waals surface area contributed by atoms with Crippen molar-refractivity contribution in [3.05, 3.63) is 47.0 Å². The molecule has 2 N–H and O–H groups in total. The lowest BCUT2D eigenvalue weighted by Gasteiger charge is -2.32. The number of hydrogen-bond donors (Lipinski definition) is 2. The number of imidazole rings is 1. The van der Waals surface area contributed by atoms with Crippen molar-refractivity contribution in [3.8, 4) is 0 Å². The first-order valence-electron chi connectivity index (χ1n) is 8.63. The van der Waals surface area contributed by atoms with Gasteiger partial charge in [0, 0.05) is 43.3 Å². The number of carbonyl (C=O) groups is 1. The molecule has 1 saturated heterocycles. The fourth-order valence-corrected chi connectivity index (χ4v) is 3.71. The second-order valence-electron chi connectivity index (χ2n) is 6.74. The van der Waals surface area contributed by atoms with Gasteiger partial charge < -0.3 is 15.2 Å². The number of aromatic nitrogens is 4. The summed E-state index contributed by atoms with van der Waals surface area (Å²) in [6.07, 6.45) is 5.05. The molecule has 1 amide bonds. The molecule has 136 valence electrons. The van der Waals surface area contributed by atoms with Crippen LogP contribution >= 0.6 is 11.6 Å². The highest BCUT2D eigenvalue weighted by molar-refractivity contribution is 6.31. The van der Waals surface area contributed by atoms with Gasteiger partial charge >= 0.3 is 0 Å². The third kappa shape index (κ3) is 3.20. The second-order valence-corrected chi connectivity index (χ2v) is 7.18. The Labute approximate surface area is 156 Å². The Morgan fingerprint density at radius 3 is 3.00 bits per heavy atom. The molecule has 4 rings (SSSR count). The molecule has 1 aromatic carbocycles. The van der Waals surface area contributed by atoms with Crippen LogP contribution < -0.4 is 10.6 Å². The van der Waals surface area contributed by atoms with Crippen LogP contribution in [0.3, 0.4) is 0 Å². The fourth-order valence-electron chi connectivity index (χ4n) is 3.54. The Bertz CT molecular complexity index is 962. The number of benzene rings is 1. The van der Waals surface area contributed by atoms with Crippen molar-refractivity contribution in [1.82, 2.24) is 30.0 Å². The predicted molar refractivity (Wildman–Crippen MR) is 99.7 cm³/mol. The molecule has 2 aromatic heterocycles. The maximum atomic E-state index is 11.9. The van der Waals surface area contributed by atoms with E-state index in [0.717, 1.165) is 28.8 Å². The van der Waals surface area contributed by atoms with E-state index in [1.54, 1.807) is 4.68 Å². The molecule has 3 heterocycles. The third-order valence-electron chi connectivity index (χ3n) is 4.94. The number of amides is 1. The van der Waals surface area contributed by atoms with Crippen LogP contribution in [0.4, 0.5) is 0 Å². The largest absolute Gasteiger partial charge is 0.348 e. The molecule has 1 fully saturated rings. The van der Waals surface area contributed by atoms with E-state index in [2.05, 4.69) is 25.3 Å². The Kier molecular flexibility index (Phi) is 4.42. The molecule has 0 saturated carbocycles. The van der Waals surface area contributed by atoms with Gasteiger partial charge in [-0.15, -0.1) is 0 Å². The van der Waals surface area contributed by atoms with Gasteiger partial charge in [0.15, 0.2) is 0 Å². The normalized spacial score (nSPS) is 20.5. The zero-order valence-electron chi connectivity index (χ0n) is 14.7. The molecule has 7 nitrogen and oxygen atoms in total. The summed E-state index contributed by atoms with van der Waals surface area (Å²) in [6, 6.07) is 5.76. The molecule has 0 radical (unpaired) electrons. The molecule has 0 aliphatic carbocycles. The van der Waals surface area contributed by atoms with Gasteiger partial charge in [-0.2, -0.15) is 5.10 Å². The number of piperidine rings is 1. The number of hydrogen-bond acceptors (Lipinski definition) is 4. The first kappa shape index (κ1) is 17.1. The monoisotopic (exact) mass is 372 g/mol. The quantitative estimate of drug-likeness (QED) is 0.735. The average Bonchev–Trinajstić information content (AvgIpc) is 3.17. The lowest BCUT2D eigenvalue weighted by atomic mass is 9.94. The summed E-state index contributed by atoms with van der Waals surface area (Å²) in [5, 5.41) is 11.6. The highest BCUT2D eigenvalue weighted by Gasteiger charge is 2.30. The minimum Gasteiger partial charge on any atom is -0.348 e. The average molecular weight is 373 g/mol. The van der Waals surface area contributed by atoms with Crippen LogP contribution in [0.25, 0.3) is 11.0 Å². The summed E-state index contributed by atoms with van der Waals surface area (Å²) < 4.78 is 3.82. The van der Waals surface area contributed by atoms with Crippen LogP contribution in [0.1, 0.15) is 30.3 Å². The third-order valence-corrected chi connectivity index (χ3v) is 5.18. The van der Waals surface area contributed by atoms with Gasteiger partial charge in [-0.25, -0.2) is 4.98 Å². The minimum absolute atomic E-state index is 0.0780. The molecule has 3 aromatic rings. The predicted octanol–water partition coefficient (Wildman–Crippen LogP) is 2.07. The van der Waals surface area contributed by atoms with E-state index in [1.807, 2.05) is 44.7 Å². The van der Waals surface area contributed by atoms with Crippen LogP contribution in [0.2, 0.25) is 5.02 Å². The maximum Gasteiger partial charge on any atom is 0.220 e. The molecule has 26 heavy (non-hydrogen) atoms. The maximum absolute atomic E-state index is 11.9. The Balaban J connectivity index is 1.54. The van der Waals surface area contributed by atoms with Gasteiger partial charge in [-0.3, -0.25) is 9.48 Å². The first-order chi connectivity index (χ1) is 12.5. The topological polar surface area (TPSA) is 76.8 Å². The van der Waals surface area contributed by atoms with Crippen LogP contribution in [-0.2, 0) is 25.4 Å². The molecule has 1 aliphatic heterocycles. The van der Waals surface area contributed by atoms with Crippen LogP contribution in [0.15, 0.2) is 30.6 Å². The molecule has 1 aliphatic rings. The SMILES string of the molecule is Cn1cc([C@@H]2NC(=O)CC[C@H]2NCc2nc3cc(Cl)ccc3n2C)cn1. The molecular formula is C18H21ClN6O. The van der Waals surface area contributed by atoms with E-state index < -0.39 is 0 Å². The summed E-state index contributed by atoms with van der Waals surface area (Å²) in [4.78, 5) is 16.6. The van der Waals surface area contributed by atoms with Crippen molar-refractivity contribution in [2.75, 3.05) is 0 Å². The highest BCUT2D eigenvalue weighted by Crippen LogP contribution is 2.25. The molecule has 0 bridgehead atoms. The van der Waals surface area contributed by atoms with E-state index >= 15 is 0 Å². The van der Waals surface area contributed by atoms with Gasteiger partial charge in [-0.1, -0.05) is 11.6 Å². The summed E-state index contributed by atoms with van der Waals surface area (Å²) in [5.41, 5.74) is 2.94. The van der Waals surface area contributed by atoms with Gasteiger partial charge in [0.05, 0.1) is 29.8 Å². The number of nitrogens with zero attached hydrogens (tertiary/aromatic N) is 4. The van der Waals surface area contributed by atoms with E-state index in [1.165, 1.54) is 0 Å². The van der Waals surface area contributed by atoms with Crippen LogP contribution in [-0.4, -0.2) is 31.3 Å². The van der Waals surface area contributed by atoms with Crippen molar-refractivity contribution in [2.45, 2.75) is 31.5 Å². The first-order valence-corrected chi connectivity index (χ1v) is 9.01. The molecule has 2 atom stereocenters. The number of rotatable bonds is 4. The highest BCUT2D eigenvalue weighted by atomic mass is 35.5. The number of aryl methyl sites for hydroxylation is 2. The Morgan fingerprint density at radius 2 is 2.23 bits per heavy atom. The number of carbonyl (C=O) groups excluding carboxylic acids is 1. The standard InChI is InChI=1S/C18H21ClN6O/c1-24-10-11(8-21-24)18-13(4-6-17(26)23-18)20-9-16-22-14-7-12(19)3-5-15(14)25(16)2/h3,5,7-8,10,13,18,20H,4,6,9H2,1-2H3,(H,23,26)/t13-,18+/m1/s1. The van der Waals surface area contributed by atoms with Crippen molar-refractivity contribution in [2.24, 2.45) is 14.1 Å². The molecule has 0 unspecified atom stereocenters. The van der Waals surface area contributed by atoms with E-state index in [4.69, 9.17) is 11.6 Å². The zero-order valence-corrected chi connectivity index (χ0v) is 15.5. The Hall–Kier alpha value is -2.38. The van der Waals surface area contributed by atoms with Crippen molar-refractivity contribution in [3.63, 3.8) is 0 Å². The van der Waals surface area contributed by atoms with Gasteiger partial charge in [0.25, 0.3) is 0 Å². The summed E-state index contributed by atoms with van der Waals surface area (Å²) >= 11 is 6.07. The van der Waals surface area contributed by atoms with Crippen molar-refractivity contribution in [1.29, 1.82) is 0 Å². The fraction of sp³-hybridized carbons (Fsp3) is 0.389. The second kappa shape index (κ2) is 6.74. The zero-order chi connectivity index (χ0) is 18.3. The van der Waals surface area contributed by atoms with Gasteiger partial charge in [0.2, 0.25) is 5.91 Å². The summed E-state index contributed by atoms with van der Waals surface area (Å²) in [6.45, 7) is 0.611. The van der Waals surface area contributed by atoms with Crippen LogP contribution in [0, 0.1) is 0 Å². The number of nitrogens with one attached hydrogen (secondary N) is 2. The minimum atomic E-state index is -0.0888. The lowest BCUT2D eigenvalue weighted by molar-refractivity contribution is -0.123. The Morgan fingerprint density at radius 1 is 1.38 bits per heavy atom. The van der Waals surface area contributed by atoms with Crippen molar-refractivity contribution < 1.29 is 4.79 Å². The van der Waals surface area contributed by atoms with E-state index in [-0.39, 0.29) is 18.0 Å². The molecular weight excluding hydrogens is 352 g/mol. The number of fused-ring (bicyclic) bond motifs is 1.